The van der Waals surface area contributed by atoms with Crippen LogP contribution in [0.4, 0.5) is 10.6 Å². The molecule has 1 aromatic heterocycles. The molecule has 0 spiro atoms. The minimum absolute atomic E-state index is 0.488. The molecule has 1 saturated heterocycles. The lowest BCUT2D eigenvalue weighted by atomic mass is 9.96. The second-order valence-electron chi connectivity index (χ2n) is 4.62. The van der Waals surface area contributed by atoms with Crippen LogP contribution in [0, 0.1) is 0 Å². The molecule has 0 aromatic carbocycles. The summed E-state index contributed by atoms with van der Waals surface area (Å²) in [6.07, 6.45) is 2.81. The summed E-state index contributed by atoms with van der Waals surface area (Å²) in [4.78, 5) is 17.6. The van der Waals surface area contributed by atoms with E-state index < -0.39 is 6.09 Å². The average molecular weight is 248 g/mol. The van der Waals surface area contributed by atoms with Crippen molar-refractivity contribution in [3.05, 3.63) is 17.8 Å². The average Bonchev–Trinajstić information content (AvgIpc) is 2.38. The number of carbonyl (C=O) groups is 1. The molecule has 2 aliphatic heterocycles. The second-order valence-corrected chi connectivity index (χ2v) is 4.62. The van der Waals surface area contributed by atoms with Crippen molar-refractivity contribution in [2.75, 3.05) is 24.5 Å². The van der Waals surface area contributed by atoms with Gasteiger partial charge in [-0.3, -0.25) is 0 Å². The number of anilines is 1. The van der Waals surface area contributed by atoms with Gasteiger partial charge in [0.2, 0.25) is 0 Å². The highest BCUT2D eigenvalue weighted by Crippen LogP contribution is 2.35. The van der Waals surface area contributed by atoms with Crippen LogP contribution in [0.5, 0.6) is 5.75 Å². The van der Waals surface area contributed by atoms with Gasteiger partial charge in [0.15, 0.2) is 0 Å². The quantitative estimate of drug-likeness (QED) is 0.745. The number of fused-ring (bicyclic) bond motifs is 3. The number of piperazine rings is 1. The number of carbonyl (C=O) groups excluding carboxylic acids is 1. The van der Waals surface area contributed by atoms with Gasteiger partial charge in [0, 0.05) is 37.4 Å². The van der Waals surface area contributed by atoms with Crippen LogP contribution < -0.4 is 20.7 Å². The largest absolute Gasteiger partial charge is 0.410 e. The van der Waals surface area contributed by atoms with E-state index in [-0.39, 0.29) is 0 Å². The summed E-state index contributed by atoms with van der Waals surface area (Å²) in [6, 6.07) is 2.19. The number of rotatable bonds is 1. The summed E-state index contributed by atoms with van der Waals surface area (Å²) < 4.78 is 5.05. The van der Waals surface area contributed by atoms with Crippen LogP contribution in [-0.2, 0) is 6.42 Å². The Morgan fingerprint density at radius 1 is 1.61 bits per heavy atom. The van der Waals surface area contributed by atoms with Gasteiger partial charge in [0.05, 0.1) is 0 Å². The van der Waals surface area contributed by atoms with Crippen LogP contribution in [0.15, 0.2) is 12.3 Å². The van der Waals surface area contributed by atoms with Crippen molar-refractivity contribution >= 4 is 11.9 Å². The Morgan fingerprint density at radius 3 is 3.33 bits per heavy atom. The monoisotopic (exact) mass is 248 g/mol. The normalized spacial score (nSPS) is 22.0. The molecular weight excluding hydrogens is 232 g/mol. The molecule has 3 N–H and O–H groups in total. The zero-order chi connectivity index (χ0) is 12.5. The highest BCUT2D eigenvalue weighted by Gasteiger charge is 2.31. The summed E-state index contributed by atoms with van der Waals surface area (Å²) in [5.41, 5.74) is 6.08. The van der Waals surface area contributed by atoms with Crippen LogP contribution >= 0.6 is 0 Å². The second kappa shape index (κ2) is 4.45. The number of nitrogens with one attached hydrogen (secondary N) is 1. The minimum Gasteiger partial charge on any atom is -0.410 e. The predicted octanol–water partition coefficient (Wildman–Crippen LogP) is 0.264. The van der Waals surface area contributed by atoms with Crippen LogP contribution in [0.2, 0.25) is 0 Å². The summed E-state index contributed by atoms with van der Waals surface area (Å²) in [7, 11) is 0. The Balaban J connectivity index is 1.97. The van der Waals surface area contributed by atoms with E-state index in [2.05, 4.69) is 15.2 Å². The number of hydrogen-bond acceptors (Lipinski definition) is 5. The molecule has 0 bridgehead atoms. The van der Waals surface area contributed by atoms with E-state index in [4.69, 9.17) is 10.5 Å². The van der Waals surface area contributed by atoms with Crippen molar-refractivity contribution in [2.45, 2.75) is 18.9 Å². The van der Waals surface area contributed by atoms with Crippen LogP contribution in [0.25, 0.3) is 0 Å². The number of ether oxygens (including phenoxy) is 1. The fourth-order valence-corrected chi connectivity index (χ4v) is 2.76. The Hall–Kier alpha value is -1.82. The summed E-state index contributed by atoms with van der Waals surface area (Å²) in [5, 5.41) is 3.39. The highest BCUT2D eigenvalue weighted by atomic mass is 16.5. The first-order valence-electron chi connectivity index (χ1n) is 6.18. The Morgan fingerprint density at radius 2 is 2.50 bits per heavy atom. The van der Waals surface area contributed by atoms with Crippen molar-refractivity contribution in [3.8, 4) is 5.75 Å². The fraction of sp³-hybridized carbons (Fsp3) is 0.500. The molecular formula is C12H16N4O2. The number of aromatic nitrogens is 1. The van der Waals surface area contributed by atoms with Gasteiger partial charge in [-0.1, -0.05) is 0 Å². The lowest BCUT2D eigenvalue weighted by molar-refractivity contribution is 0.210. The van der Waals surface area contributed by atoms with Crippen LogP contribution in [0.1, 0.15) is 12.0 Å². The van der Waals surface area contributed by atoms with Gasteiger partial charge >= 0.3 is 6.09 Å². The van der Waals surface area contributed by atoms with E-state index in [0.29, 0.717) is 11.8 Å². The molecule has 6 nitrogen and oxygen atoms in total. The number of pyridine rings is 1. The van der Waals surface area contributed by atoms with E-state index in [1.165, 1.54) is 0 Å². The van der Waals surface area contributed by atoms with Crippen molar-refractivity contribution in [2.24, 2.45) is 5.73 Å². The molecule has 96 valence electrons. The Labute approximate surface area is 105 Å². The lowest BCUT2D eigenvalue weighted by Gasteiger charge is -2.41. The van der Waals surface area contributed by atoms with Crippen molar-refractivity contribution in [1.82, 2.24) is 10.3 Å². The van der Waals surface area contributed by atoms with Crippen LogP contribution in [0.3, 0.4) is 0 Å². The zero-order valence-corrected chi connectivity index (χ0v) is 10.1. The maximum atomic E-state index is 10.9. The van der Waals surface area contributed by atoms with Crippen molar-refractivity contribution in [1.29, 1.82) is 0 Å². The first-order chi connectivity index (χ1) is 8.75. The standard InChI is InChI=1S/C12H16N4O2/c13-12(17)18-10-3-4-15-11-9(10)2-1-8-7-14-5-6-16(8)11/h3-4,8,14H,1-2,5-7H2,(H2,13,17)/t8-/m1/s1. The molecule has 1 aromatic rings. The maximum absolute atomic E-state index is 10.9. The third-order valence-corrected chi connectivity index (χ3v) is 3.55. The number of hydrogen-bond donors (Lipinski definition) is 2. The molecule has 0 radical (unpaired) electrons. The molecule has 1 fully saturated rings. The number of nitrogens with zero attached hydrogens (tertiary/aromatic N) is 2. The molecule has 1 amide bonds. The summed E-state index contributed by atoms with van der Waals surface area (Å²) in [6.45, 7) is 2.88. The number of primary amides is 1. The third kappa shape index (κ3) is 1.88. The minimum atomic E-state index is -0.772. The summed E-state index contributed by atoms with van der Waals surface area (Å²) in [5.74, 6) is 1.48. The molecule has 1 atom stereocenters. The van der Waals surface area contributed by atoms with Gasteiger partial charge in [0.25, 0.3) is 0 Å². The van der Waals surface area contributed by atoms with Gasteiger partial charge in [0.1, 0.15) is 11.6 Å². The third-order valence-electron chi connectivity index (χ3n) is 3.55. The van der Waals surface area contributed by atoms with E-state index in [1.807, 2.05) is 0 Å². The SMILES string of the molecule is NC(=O)Oc1ccnc2c1CC[C@@H]1CNCCN21. The van der Waals surface area contributed by atoms with Gasteiger partial charge in [-0.2, -0.15) is 0 Å². The molecule has 0 saturated carbocycles. The first-order valence-corrected chi connectivity index (χ1v) is 6.18. The van der Waals surface area contributed by atoms with E-state index in [0.717, 1.165) is 43.9 Å². The van der Waals surface area contributed by atoms with E-state index in [1.54, 1.807) is 12.3 Å². The van der Waals surface area contributed by atoms with Gasteiger partial charge < -0.3 is 20.7 Å². The Kier molecular flexibility index (Phi) is 2.79. The predicted molar refractivity (Wildman–Crippen MR) is 66.8 cm³/mol. The zero-order valence-electron chi connectivity index (χ0n) is 10.1. The molecule has 3 rings (SSSR count). The van der Waals surface area contributed by atoms with Gasteiger partial charge in [-0.25, -0.2) is 9.78 Å². The molecule has 0 aliphatic carbocycles. The maximum Gasteiger partial charge on any atom is 0.409 e. The highest BCUT2D eigenvalue weighted by molar-refractivity contribution is 5.70. The van der Waals surface area contributed by atoms with E-state index >= 15 is 0 Å². The molecule has 18 heavy (non-hydrogen) atoms. The Bertz CT molecular complexity index is 477. The number of nitrogens with two attached hydrogens (primary N) is 1. The summed E-state index contributed by atoms with van der Waals surface area (Å²) >= 11 is 0. The topological polar surface area (TPSA) is 80.5 Å². The van der Waals surface area contributed by atoms with Gasteiger partial charge in [-0.15, -0.1) is 0 Å². The van der Waals surface area contributed by atoms with Gasteiger partial charge in [-0.05, 0) is 18.9 Å². The first kappa shape index (κ1) is 11.3. The van der Waals surface area contributed by atoms with Crippen molar-refractivity contribution < 1.29 is 9.53 Å². The fourth-order valence-electron chi connectivity index (χ4n) is 2.76. The van der Waals surface area contributed by atoms with E-state index in [9.17, 15) is 4.79 Å². The molecule has 6 heteroatoms. The molecule has 2 aliphatic rings. The number of amides is 1. The molecule has 0 unspecified atom stereocenters. The van der Waals surface area contributed by atoms with Crippen LogP contribution in [-0.4, -0.2) is 36.8 Å². The van der Waals surface area contributed by atoms with Crippen molar-refractivity contribution in [3.63, 3.8) is 0 Å². The smallest absolute Gasteiger partial charge is 0.409 e. The molecule has 3 heterocycles. The lowest BCUT2D eigenvalue weighted by Crippen LogP contribution is -2.53.